The van der Waals surface area contributed by atoms with Crippen molar-refractivity contribution >= 4 is 12.6 Å². The number of benzene rings is 1. The molecule has 2 nitrogen and oxygen atoms in total. The van der Waals surface area contributed by atoms with Crippen LogP contribution in [0, 0.1) is 13.8 Å². The quantitative estimate of drug-likeness (QED) is 0.771. The first-order valence-electron chi connectivity index (χ1n) is 5.57. The lowest BCUT2D eigenvalue weighted by molar-refractivity contribution is 0.410. The minimum atomic E-state index is 0.377. The second-order valence-corrected chi connectivity index (χ2v) is 4.41. The summed E-state index contributed by atoms with van der Waals surface area (Å²) in [5, 5.41) is 3.34. The van der Waals surface area contributed by atoms with Gasteiger partial charge in [0.15, 0.2) is 0 Å². The third-order valence-electron chi connectivity index (χ3n) is 3.14. The standard InChI is InChI=1S/C13H21NOS/c1-9-10(2)13(15-4)6-5-11(9)12(14-3)7-8-16/h5-6,12,14,16H,7-8H2,1-4H3. The van der Waals surface area contributed by atoms with Crippen LogP contribution in [0.3, 0.4) is 0 Å². The number of thiol groups is 1. The van der Waals surface area contributed by atoms with Gasteiger partial charge in [0.25, 0.3) is 0 Å². The van der Waals surface area contributed by atoms with Crippen molar-refractivity contribution in [3.8, 4) is 5.75 Å². The normalized spacial score (nSPS) is 12.6. The Morgan fingerprint density at radius 3 is 2.50 bits per heavy atom. The molecule has 1 unspecified atom stereocenters. The van der Waals surface area contributed by atoms with Gasteiger partial charge in [-0.2, -0.15) is 12.6 Å². The Morgan fingerprint density at radius 2 is 2.00 bits per heavy atom. The van der Waals surface area contributed by atoms with Crippen molar-refractivity contribution < 1.29 is 4.74 Å². The highest BCUT2D eigenvalue weighted by atomic mass is 32.1. The maximum Gasteiger partial charge on any atom is 0.122 e. The van der Waals surface area contributed by atoms with Crippen LogP contribution in [-0.4, -0.2) is 19.9 Å². The maximum atomic E-state index is 5.32. The number of hydrogen-bond donors (Lipinski definition) is 2. The smallest absolute Gasteiger partial charge is 0.122 e. The van der Waals surface area contributed by atoms with Crippen LogP contribution in [0.2, 0.25) is 0 Å². The van der Waals surface area contributed by atoms with Gasteiger partial charge in [-0.3, -0.25) is 0 Å². The van der Waals surface area contributed by atoms with E-state index in [-0.39, 0.29) is 0 Å². The molecule has 0 aromatic heterocycles. The van der Waals surface area contributed by atoms with E-state index in [1.807, 2.05) is 13.1 Å². The first kappa shape index (κ1) is 13.4. The highest BCUT2D eigenvalue weighted by Gasteiger charge is 2.14. The van der Waals surface area contributed by atoms with E-state index < -0.39 is 0 Å². The molecule has 0 aliphatic rings. The van der Waals surface area contributed by atoms with Crippen LogP contribution >= 0.6 is 12.6 Å². The predicted octanol–water partition coefficient (Wildman–Crippen LogP) is 2.89. The van der Waals surface area contributed by atoms with Crippen molar-refractivity contribution in [1.82, 2.24) is 5.32 Å². The van der Waals surface area contributed by atoms with Gasteiger partial charge < -0.3 is 10.1 Å². The fourth-order valence-corrected chi connectivity index (χ4v) is 2.26. The van der Waals surface area contributed by atoms with Gasteiger partial charge in [-0.15, -0.1) is 0 Å². The Labute approximate surface area is 104 Å². The number of nitrogens with one attached hydrogen (secondary N) is 1. The summed E-state index contributed by atoms with van der Waals surface area (Å²) >= 11 is 4.30. The molecule has 0 radical (unpaired) electrons. The summed E-state index contributed by atoms with van der Waals surface area (Å²) in [6.45, 7) is 4.25. The Kier molecular flexibility index (Phi) is 5.16. The molecule has 0 bridgehead atoms. The predicted molar refractivity (Wildman–Crippen MR) is 72.7 cm³/mol. The van der Waals surface area contributed by atoms with Gasteiger partial charge in [-0.25, -0.2) is 0 Å². The lowest BCUT2D eigenvalue weighted by Crippen LogP contribution is -2.18. The summed E-state index contributed by atoms with van der Waals surface area (Å²) in [4.78, 5) is 0. The molecule has 90 valence electrons. The molecule has 1 rings (SSSR count). The summed E-state index contributed by atoms with van der Waals surface area (Å²) in [5.41, 5.74) is 3.87. The molecule has 0 aliphatic carbocycles. The van der Waals surface area contributed by atoms with Crippen molar-refractivity contribution in [2.24, 2.45) is 0 Å². The molecule has 0 amide bonds. The molecule has 1 N–H and O–H groups in total. The zero-order valence-electron chi connectivity index (χ0n) is 10.5. The van der Waals surface area contributed by atoms with Crippen LogP contribution in [0.4, 0.5) is 0 Å². The van der Waals surface area contributed by atoms with E-state index in [1.165, 1.54) is 16.7 Å². The van der Waals surface area contributed by atoms with Crippen molar-refractivity contribution in [3.63, 3.8) is 0 Å². The molecule has 16 heavy (non-hydrogen) atoms. The molecule has 0 aliphatic heterocycles. The number of methoxy groups -OCH3 is 1. The largest absolute Gasteiger partial charge is 0.496 e. The first-order valence-corrected chi connectivity index (χ1v) is 6.21. The lowest BCUT2D eigenvalue weighted by Gasteiger charge is -2.20. The van der Waals surface area contributed by atoms with E-state index in [4.69, 9.17) is 4.74 Å². The maximum absolute atomic E-state index is 5.32. The average molecular weight is 239 g/mol. The third kappa shape index (κ3) is 2.71. The van der Waals surface area contributed by atoms with Crippen LogP contribution in [0.25, 0.3) is 0 Å². The molecular weight excluding hydrogens is 218 g/mol. The van der Waals surface area contributed by atoms with E-state index >= 15 is 0 Å². The molecule has 1 aromatic carbocycles. The molecule has 0 spiro atoms. The zero-order chi connectivity index (χ0) is 12.1. The van der Waals surface area contributed by atoms with Gasteiger partial charge in [0.2, 0.25) is 0 Å². The van der Waals surface area contributed by atoms with Crippen molar-refractivity contribution in [2.45, 2.75) is 26.3 Å². The fraction of sp³-hybridized carbons (Fsp3) is 0.538. The van der Waals surface area contributed by atoms with Gasteiger partial charge in [-0.05, 0) is 55.8 Å². The average Bonchev–Trinajstić information content (AvgIpc) is 2.30. The van der Waals surface area contributed by atoms with Crippen LogP contribution in [0.1, 0.15) is 29.2 Å². The molecule has 1 atom stereocenters. The fourth-order valence-electron chi connectivity index (χ4n) is 2.00. The molecule has 0 heterocycles. The molecule has 0 saturated heterocycles. The summed E-state index contributed by atoms with van der Waals surface area (Å²) < 4.78 is 5.32. The zero-order valence-corrected chi connectivity index (χ0v) is 11.4. The summed E-state index contributed by atoms with van der Waals surface area (Å²) in [6, 6.07) is 4.56. The number of ether oxygens (including phenoxy) is 1. The first-order chi connectivity index (χ1) is 7.65. The SMILES string of the molecule is CNC(CCS)c1ccc(OC)c(C)c1C. The lowest BCUT2D eigenvalue weighted by atomic mass is 9.95. The monoisotopic (exact) mass is 239 g/mol. The Hall–Kier alpha value is -0.670. The number of rotatable bonds is 5. The number of hydrogen-bond acceptors (Lipinski definition) is 3. The van der Waals surface area contributed by atoms with E-state index in [0.29, 0.717) is 6.04 Å². The van der Waals surface area contributed by atoms with Crippen LogP contribution in [0.5, 0.6) is 5.75 Å². The summed E-state index contributed by atoms with van der Waals surface area (Å²) in [7, 11) is 3.71. The highest BCUT2D eigenvalue weighted by Crippen LogP contribution is 2.29. The van der Waals surface area contributed by atoms with E-state index in [0.717, 1.165) is 17.9 Å². The second kappa shape index (κ2) is 6.16. The highest BCUT2D eigenvalue weighted by molar-refractivity contribution is 7.80. The molecule has 3 heteroatoms. The van der Waals surface area contributed by atoms with Gasteiger partial charge >= 0.3 is 0 Å². The molecule has 0 saturated carbocycles. The Morgan fingerprint density at radius 1 is 1.31 bits per heavy atom. The second-order valence-electron chi connectivity index (χ2n) is 3.96. The summed E-state index contributed by atoms with van der Waals surface area (Å²) in [5.74, 6) is 1.85. The van der Waals surface area contributed by atoms with Crippen LogP contribution in [-0.2, 0) is 0 Å². The molecule has 1 aromatic rings. The van der Waals surface area contributed by atoms with Gasteiger partial charge in [0.05, 0.1) is 7.11 Å². The van der Waals surface area contributed by atoms with E-state index in [1.54, 1.807) is 7.11 Å². The minimum Gasteiger partial charge on any atom is -0.496 e. The Bertz CT molecular complexity index is 352. The van der Waals surface area contributed by atoms with Gasteiger partial charge in [0, 0.05) is 6.04 Å². The van der Waals surface area contributed by atoms with Crippen molar-refractivity contribution in [3.05, 3.63) is 28.8 Å². The van der Waals surface area contributed by atoms with E-state index in [9.17, 15) is 0 Å². The van der Waals surface area contributed by atoms with Crippen molar-refractivity contribution in [2.75, 3.05) is 19.9 Å². The third-order valence-corrected chi connectivity index (χ3v) is 3.40. The minimum absolute atomic E-state index is 0.377. The topological polar surface area (TPSA) is 21.3 Å². The molecular formula is C13H21NOS. The Balaban J connectivity index is 3.09. The van der Waals surface area contributed by atoms with Gasteiger partial charge in [-0.1, -0.05) is 6.07 Å². The van der Waals surface area contributed by atoms with Crippen molar-refractivity contribution in [1.29, 1.82) is 0 Å². The van der Waals surface area contributed by atoms with E-state index in [2.05, 4.69) is 37.9 Å². The van der Waals surface area contributed by atoms with Gasteiger partial charge in [0.1, 0.15) is 5.75 Å². The van der Waals surface area contributed by atoms with Crippen LogP contribution < -0.4 is 10.1 Å². The molecule has 0 fully saturated rings. The summed E-state index contributed by atoms with van der Waals surface area (Å²) in [6.07, 6.45) is 1.03. The van der Waals surface area contributed by atoms with Crippen LogP contribution in [0.15, 0.2) is 12.1 Å².